The summed E-state index contributed by atoms with van der Waals surface area (Å²) in [6, 6.07) is 0.745. The zero-order chi connectivity index (χ0) is 27.8. The van der Waals surface area contributed by atoms with Crippen molar-refractivity contribution in [1.29, 1.82) is 5.26 Å². The Labute approximate surface area is 216 Å². The molecule has 15 heteroatoms. The summed E-state index contributed by atoms with van der Waals surface area (Å²) in [5.41, 5.74) is 0.377. The molecule has 0 spiro atoms. The maximum absolute atomic E-state index is 13.6. The Balaban J connectivity index is 1.87. The van der Waals surface area contributed by atoms with Crippen LogP contribution in [-0.4, -0.2) is 80.9 Å². The Morgan fingerprint density at radius 2 is 1.95 bits per heavy atom. The predicted molar refractivity (Wildman–Crippen MR) is 126 cm³/mol. The van der Waals surface area contributed by atoms with E-state index in [1.165, 1.54) is 25.3 Å². The van der Waals surface area contributed by atoms with Crippen LogP contribution in [0.25, 0.3) is 0 Å². The van der Waals surface area contributed by atoms with Crippen LogP contribution < -0.4 is 16.0 Å². The van der Waals surface area contributed by atoms with Crippen molar-refractivity contribution in [3.8, 4) is 6.07 Å². The van der Waals surface area contributed by atoms with E-state index in [4.69, 9.17) is 10.4 Å². The number of amides is 4. The van der Waals surface area contributed by atoms with Crippen molar-refractivity contribution < 1.29 is 37.9 Å². The van der Waals surface area contributed by atoms with Gasteiger partial charge in [-0.1, -0.05) is 0 Å². The summed E-state index contributed by atoms with van der Waals surface area (Å²) >= 11 is 3.83. The SMILES string of the molecule is C[C@H](NC(=O)c1ccnc(CNC(=O)CCC(=O)NC(CS)C(=O)O)c1)C(=O)N1CC(F)(F)C[C@H]1C#N. The quantitative estimate of drug-likeness (QED) is 0.240. The number of aromatic nitrogens is 1. The molecule has 0 aliphatic carbocycles. The van der Waals surface area contributed by atoms with Gasteiger partial charge in [0, 0.05) is 36.8 Å². The third-order valence-electron chi connectivity index (χ3n) is 5.36. The summed E-state index contributed by atoms with van der Waals surface area (Å²) < 4.78 is 27.3. The molecule has 1 unspecified atom stereocenters. The molecule has 2 rings (SSSR count). The summed E-state index contributed by atoms with van der Waals surface area (Å²) in [5, 5.41) is 25.1. The van der Waals surface area contributed by atoms with Crippen molar-refractivity contribution in [3.05, 3.63) is 29.6 Å². The first-order valence-electron chi connectivity index (χ1n) is 11.1. The van der Waals surface area contributed by atoms with E-state index < -0.39 is 66.6 Å². The molecule has 12 nitrogen and oxygen atoms in total. The molecular formula is C22H26F2N6O6S. The van der Waals surface area contributed by atoms with E-state index in [-0.39, 0.29) is 36.4 Å². The maximum Gasteiger partial charge on any atom is 0.327 e. The van der Waals surface area contributed by atoms with Gasteiger partial charge in [0.1, 0.15) is 18.1 Å². The molecule has 1 aromatic rings. The molecule has 1 aliphatic heterocycles. The number of carboxylic acid groups (broad SMARTS) is 1. The van der Waals surface area contributed by atoms with Gasteiger partial charge in [-0.05, 0) is 19.1 Å². The Kier molecular flexibility index (Phi) is 10.3. The van der Waals surface area contributed by atoms with E-state index in [2.05, 4.69) is 33.6 Å². The van der Waals surface area contributed by atoms with Crippen LogP contribution in [-0.2, 0) is 25.7 Å². The van der Waals surface area contributed by atoms with E-state index >= 15 is 0 Å². The Hall–Kier alpha value is -3.80. The standard InChI is InChI=1S/C22H26F2N6O6S/c1-12(20(34)30-11-22(23,24)7-15(30)8-25)28-19(33)13-4-5-26-14(6-13)9-27-17(31)2-3-18(32)29-16(10-37)21(35)36/h4-6,12,15-16,37H,2-3,7,9-11H2,1H3,(H,27,31)(H,28,33)(H,29,32)(H,35,36)/t12-,15-,16?/m0/s1. The number of pyridine rings is 1. The lowest BCUT2D eigenvalue weighted by molar-refractivity contribution is -0.141. The molecule has 0 radical (unpaired) electrons. The summed E-state index contributed by atoms with van der Waals surface area (Å²) in [5.74, 6) is -7.18. The fraction of sp³-hybridized carbons (Fsp3) is 0.500. The lowest BCUT2D eigenvalue weighted by atomic mass is 10.1. The van der Waals surface area contributed by atoms with E-state index in [0.717, 1.165) is 4.90 Å². The van der Waals surface area contributed by atoms with Crippen LogP contribution in [0.4, 0.5) is 8.78 Å². The largest absolute Gasteiger partial charge is 0.480 e. The number of hydrogen-bond donors (Lipinski definition) is 5. The molecule has 1 saturated heterocycles. The minimum Gasteiger partial charge on any atom is -0.480 e. The second-order valence-corrected chi connectivity index (χ2v) is 8.68. The highest BCUT2D eigenvalue weighted by atomic mass is 32.1. The molecule has 0 aromatic carbocycles. The first-order chi connectivity index (χ1) is 17.4. The second kappa shape index (κ2) is 12.9. The summed E-state index contributed by atoms with van der Waals surface area (Å²) in [6.45, 7) is 0.329. The number of carbonyl (C=O) groups excluding carboxylic acids is 4. The van der Waals surface area contributed by atoms with Crippen LogP contribution in [0, 0.1) is 11.3 Å². The topological polar surface area (TPSA) is 182 Å². The first kappa shape index (κ1) is 29.4. The van der Waals surface area contributed by atoms with Gasteiger partial charge in [0.25, 0.3) is 11.8 Å². The first-order valence-corrected chi connectivity index (χ1v) is 11.7. The molecule has 4 amide bonds. The molecule has 2 heterocycles. The molecule has 0 saturated carbocycles. The minimum atomic E-state index is -3.18. The van der Waals surface area contributed by atoms with Crippen molar-refractivity contribution in [2.45, 2.75) is 56.8 Å². The minimum absolute atomic E-state index is 0.0862. The number of halogens is 2. The van der Waals surface area contributed by atoms with Gasteiger partial charge in [-0.15, -0.1) is 0 Å². The van der Waals surface area contributed by atoms with Gasteiger partial charge in [-0.3, -0.25) is 24.2 Å². The van der Waals surface area contributed by atoms with E-state index in [1.54, 1.807) is 6.07 Å². The zero-order valence-electron chi connectivity index (χ0n) is 19.7. The number of carbonyl (C=O) groups is 5. The Bertz CT molecular complexity index is 1100. The highest BCUT2D eigenvalue weighted by Gasteiger charge is 2.48. The molecule has 37 heavy (non-hydrogen) atoms. The van der Waals surface area contributed by atoms with Gasteiger partial charge in [-0.25, -0.2) is 13.6 Å². The summed E-state index contributed by atoms with van der Waals surface area (Å²) in [4.78, 5) is 64.6. The van der Waals surface area contributed by atoms with Gasteiger partial charge < -0.3 is 26.0 Å². The lowest BCUT2D eigenvalue weighted by Gasteiger charge is -2.23. The van der Waals surface area contributed by atoms with Gasteiger partial charge in [0.15, 0.2) is 0 Å². The van der Waals surface area contributed by atoms with Gasteiger partial charge in [0.05, 0.1) is 24.9 Å². The van der Waals surface area contributed by atoms with Crippen molar-refractivity contribution in [3.63, 3.8) is 0 Å². The molecular weight excluding hydrogens is 514 g/mol. The van der Waals surface area contributed by atoms with Crippen LogP contribution in [0.5, 0.6) is 0 Å². The third kappa shape index (κ3) is 8.67. The molecule has 1 aliphatic rings. The molecule has 4 N–H and O–H groups in total. The number of alkyl halides is 2. The Morgan fingerprint density at radius 1 is 1.27 bits per heavy atom. The third-order valence-corrected chi connectivity index (χ3v) is 5.73. The van der Waals surface area contributed by atoms with Gasteiger partial charge >= 0.3 is 5.97 Å². The van der Waals surface area contributed by atoms with E-state index in [0.29, 0.717) is 0 Å². The normalized spacial score (nSPS) is 17.7. The van der Waals surface area contributed by atoms with E-state index in [9.17, 15) is 32.8 Å². The molecule has 1 fully saturated rings. The van der Waals surface area contributed by atoms with Crippen LogP contribution in [0.3, 0.4) is 0 Å². The van der Waals surface area contributed by atoms with Crippen LogP contribution in [0.15, 0.2) is 18.3 Å². The highest BCUT2D eigenvalue weighted by Crippen LogP contribution is 2.32. The van der Waals surface area contributed by atoms with Gasteiger partial charge in [0.2, 0.25) is 17.7 Å². The zero-order valence-corrected chi connectivity index (χ0v) is 20.6. The van der Waals surface area contributed by atoms with Gasteiger partial charge in [-0.2, -0.15) is 17.9 Å². The van der Waals surface area contributed by atoms with E-state index in [1.807, 2.05) is 0 Å². The molecule has 200 valence electrons. The summed E-state index contributed by atoms with van der Waals surface area (Å²) in [6.07, 6.45) is 0.0652. The summed E-state index contributed by atoms with van der Waals surface area (Å²) in [7, 11) is 0. The number of rotatable bonds is 11. The monoisotopic (exact) mass is 540 g/mol. The maximum atomic E-state index is 13.6. The fourth-order valence-electron chi connectivity index (χ4n) is 3.43. The van der Waals surface area contributed by atoms with Crippen molar-refractivity contribution in [2.24, 2.45) is 0 Å². The second-order valence-electron chi connectivity index (χ2n) is 8.32. The van der Waals surface area contributed by atoms with Crippen molar-refractivity contribution >= 4 is 42.2 Å². The number of carboxylic acids is 1. The highest BCUT2D eigenvalue weighted by molar-refractivity contribution is 7.80. The van der Waals surface area contributed by atoms with Crippen molar-refractivity contribution in [2.75, 3.05) is 12.3 Å². The molecule has 0 bridgehead atoms. The van der Waals surface area contributed by atoms with Crippen molar-refractivity contribution in [1.82, 2.24) is 25.8 Å². The lowest BCUT2D eigenvalue weighted by Crippen LogP contribution is -2.48. The number of nitrogens with one attached hydrogen (secondary N) is 3. The van der Waals surface area contributed by atoms with Crippen LogP contribution in [0.1, 0.15) is 42.2 Å². The predicted octanol–water partition coefficient (Wildman–Crippen LogP) is -0.145. The average molecular weight is 541 g/mol. The number of nitriles is 1. The number of hydrogen-bond acceptors (Lipinski definition) is 8. The fourth-order valence-corrected chi connectivity index (χ4v) is 3.67. The van der Waals surface area contributed by atoms with Crippen LogP contribution in [0.2, 0.25) is 0 Å². The van der Waals surface area contributed by atoms with Crippen LogP contribution >= 0.6 is 12.6 Å². The average Bonchev–Trinajstić information content (AvgIpc) is 3.18. The molecule has 1 aromatic heterocycles. The number of nitrogens with zero attached hydrogens (tertiary/aromatic N) is 3. The smallest absolute Gasteiger partial charge is 0.327 e. The number of aliphatic carboxylic acids is 1. The molecule has 3 atom stereocenters. The number of likely N-dealkylation sites (tertiary alicyclic amines) is 1. The Morgan fingerprint density at radius 3 is 2.57 bits per heavy atom. The number of thiol groups is 1.